The van der Waals surface area contributed by atoms with Crippen LogP contribution in [0.2, 0.25) is 0 Å². The number of fused-ring (bicyclic) bond motifs is 2. The van der Waals surface area contributed by atoms with Crippen molar-refractivity contribution in [3.8, 4) is 0 Å². The molecule has 0 aliphatic heterocycles. The van der Waals surface area contributed by atoms with Gasteiger partial charge in [0.25, 0.3) is 0 Å². The van der Waals surface area contributed by atoms with Crippen LogP contribution < -0.4 is 0 Å². The Morgan fingerprint density at radius 1 is 1.05 bits per heavy atom. The quantitative estimate of drug-likeness (QED) is 0.754. The molecule has 2 aromatic rings. The molecule has 2 aliphatic carbocycles. The highest BCUT2D eigenvalue weighted by Gasteiger charge is 2.33. The second-order valence-electron chi connectivity index (χ2n) is 7.04. The molecule has 1 aromatic carbocycles. The van der Waals surface area contributed by atoms with Gasteiger partial charge < -0.3 is 0 Å². The highest BCUT2D eigenvalue weighted by atomic mass is 14.7. The summed E-state index contributed by atoms with van der Waals surface area (Å²) < 4.78 is 0. The molecule has 2 aliphatic rings. The monoisotopic (exact) mass is 265 g/mol. The minimum atomic E-state index is 0.580. The fraction of sp³-hybridized carbons (Fsp3) is 0.526. The van der Waals surface area contributed by atoms with Gasteiger partial charge >= 0.3 is 0 Å². The lowest BCUT2D eigenvalue weighted by Gasteiger charge is -2.24. The Hall–Kier alpha value is -1.37. The van der Waals surface area contributed by atoms with Crippen molar-refractivity contribution in [2.24, 2.45) is 11.8 Å². The van der Waals surface area contributed by atoms with Gasteiger partial charge in [-0.15, -0.1) is 0 Å². The van der Waals surface area contributed by atoms with Crippen LogP contribution in [-0.2, 0) is 12.8 Å². The van der Waals surface area contributed by atoms with Crippen LogP contribution >= 0.6 is 0 Å². The van der Waals surface area contributed by atoms with Crippen LogP contribution in [0.25, 0.3) is 10.9 Å². The van der Waals surface area contributed by atoms with E-state index in [4.69, 9.17) is 4.98 Å². The molecule has 1 heterocycles. The van der Waals surface area contributed by atoms with Crippen molar-refractivity contribution >= 4 is 10.9 Å². The molecule has 1 fully saturated rings. The normalized spacial score (nSPS) is 22.2. The van der Waals surface area contributed by atoms with Crippen LogP contribution in [0.5, 0.6) is 0 Å². The van der Waals surface area contributed by atoms with Gasteiger partial charge in [-0.25, -0.2) is 0 Å². The minimum Gasteiger partial charge on any atom is -0.253 e. The van der Waals surface area contributed by atoms with E-state index in [1.165, 1.54) is 59.8 Å². The predicted octanol–water partition coefficient (Wildman–Crippen LogP) is 4.87. The van der Waals surface area contributed by atoms with E-state index in [1.54, 1.807) is 0 Å². The molecule has 20 heavy (non-hydrogen) atoms. The van der Waals surface area contributed by atoms with Crippen LogP contribution in [0.4, 0.5) is 0 Å². The van der Waals surface area contributed by atoms with E-state index in [2.05, 4.69) is 38.1 Å². The number of aromatic nitrogens is 1. The summed E-state index contributed by atoms with van der Waals surface area (Å²) in [5.74, 6) is 2.51. The molecule has 0 N–H and O–H groups in total. The summed E-state index contributed by atoms with van der Waals surface area (Å²) in [6.45, 7) is 4.51. The summed E-state index contributed by atoms with van der Waals surface area (Å²) in [5, 5.41) is 1.32. The van der Waals surface area contributed by atoms with Gasteiger partial charge in [0, 0.05) is 11.1 Å². The lowest BCUT2D eigenvalue weighted by Crippen LogP contribution is -2.17. The standard InChI is InChI=1S/C19H23N/c1-12(2)14-5-7-16-9-17-8-6-15(13-3-4-13)11-19(17)20-18(16)10-14/h5,7,9-10,12-13,15H,3-4,6,8,11H2,1-2H3/t15-/m1/s1. The first-order valence-corrected chi connectivity index (χ1v) is 8.13. The number of rotatable bonds is 2. The first kappa shape index (κ1) is 12.4. The van der Waals surface area contributed by atoms with Crippen molar-refractivity contribution in [1.29, 1.82) is 0 Å². The van der Waals surface area contributed by atoms with Crippen molar-refractivity contribution in [2.75, 3.05) is 0 Å². The number of aryl methyl sites for hydroxylation is 1. The van der Waals surface area contributed by atoms with Gasteiger partial charge in [-0.3, -0.25) is 4.98 Å². The molecule has 1 aromatic heterocycles. The molecule has 0 bridgehead atoms. The van der Waals surface area contributed by atoms with Gasteiger partial charge in [-0.05, 0) is 73.1 Å². The molecule has 0 saturated heterocycles. The van der Waals surface area contributed by atoms with Gasteiger partial charge in [0.15, 0.2) is 0 Å². The molecular weight excluding hydrogens is 242 g/mol. The highest BCUT2D eigenvalue weighted by molar-refractivity contribution is 5.80. The lowest BCUT2D eigenvalue weighted by molar-refractivity contribution is 0.401. The Balaban J connectivity index is 1.75. The first-order chi connectivity index (χ1) is 9.70. The van der Waals surface area contributed by atoms with E-state index in [1.807, 2.05) is 0 Å². The third-order valence-electron chi connectivity index (χ3n) is 5.21. The highest BCUT2D eigenvalue weighted by Crippen LogP contribution is 2.43. The van der Waals surface area contributed by atoms with E-state index in [9.17, 15) is 0 Å². The van der Waals surface area contributed by atoms with Crippen LogP contribution in [0.1, 0.15) is 55.8 Å². The average Bonchev–Trinajstić information content (AvgIpc) is 3.28. The fourth-order valence-corrected chi connectivity index (χ4v) is 3.68. The predicted molar refractivity (Wildman–Crippen MR) is 84.1 cm³/mol. The summed E-state index contributed by atoms with van der Waals surface area (Å²) >= 11 is 0. The molecule has 0 radical (unpaired) electrons. The second kappa shape index (κ2) is 4.58. The molecule has 104 valence electrons. The number of hydrogen-bond acceptors (Lipinski definition) is 1. The third-order valence-corrected chi connectivity index (χ3v) is 5.21. The van der Waals surface area contributed by atoms with Crippen LogP contribution in [0.15, 0.2) is 24.3 Å². The first-order valence-electron chi connectivity index (χ1n) is 8.13. The summed E-state index contributed by atoms with van der Waals surface area (Å²) in [4.78, 5) is 5.02. The van der Waals surface area contributed by atoms with E-state index >= 15 is 0 Å². The Kier molecular flexibility index (Phi) is 2.83. The number of hydrogen-bond donors (Lipinski definition) is 0. The minimum absolute atomic E-state index is 0.580. The molecule has 4 rings (SSSR count). The molecule has 0 spiro atoms. The van der Waals surface area contributed by atoms with Gasteiger partial charge in [0.2, 0.25) is 0 Å². The van der Waals surface area contributed by atoms with Crippen LogP contribution in [-0.4, -0.2) is 4.98 Å². The largest absolute Gasteiger partial charge is 0.253 e. The zero-order chi connectivity index (χ0) is 13.7. The second-order valence-corrected chi connectivity index (χ2v) is 7.04. The van der Waals surface area contributed by atoms with E-state index in [-0.39, 0.29) is 0 Å². The van der Waals surface area contributed by atoms with Gasteiger partial charge in [0.1, 0.15) is 0 Å². The fourth-order valence-electron chi connectivity index (χ4n) is 3.68. The van der Waals surface area contributed by atoms with Crippen molar-refractivity contribution in [3.05, 3.63) is 41.1 Å². The van der Waals surface area contributed by atoms with Crippen molar-refractivity contribution in [2.45, 2.75) is 51.9 Å². The number of nitrogens with zero attached hydrogens (tertiary/aromatic N) is 1. The Morgan fingerprint density at radius 2 is 1.90 bits per heavy atom. The third kappa shape index (κ3) is 2.13. The maximum atomic E-state index is 5.02. The summed E-state index contributed by atoms with van der Waals surface area (Å²) in [6.07, 6.45) is 6.78. The van der Waals surface area contributed by atoms with Gasteiger partial charge in [0.05, 0.1) is 5.52 Å². The zero-order valence-electron chi connectivity index (χ0n) is 12.5. The van der Waals surface area contributed by atoms with E-state index < -0.39 is 0 Å². The van der Waals surface area contributed by atoms with E-state index in [0.717, 1.165) is 11.8 Å². The SMILES string of the molecule is CC(C)c1ccc2cc3c(nc2c1)C[C@H](C1CC1)CC3. The zero-order valence-corrected chi connectivity index (χ0v) is 12.5. The molecular formula is C19H23N. The Bertz CT molecular complexity index is 652. The maximum Gasteiger partial charge on any atom is 0.0708 e. The Morgan fingerprint density at radius 3 is 2.65 bits per heavy atom. The topological polar surface area (TPSA) is 12.9 Å². The average molecular weight is 265 g/mol. The smallest absolute Gasteiger partial charge is 0.0708 e. The van der Waals surface area contributed by atoms with Crippen LogP contribution in [0, 0.1) is 11.8 Å². The van der Waals surface area contributed by atoms with Gasteiger partial charge in [-0.1, -0.05) is 26.0 Å². The summed E-state index contributed by atoms with van der Waals surface area (Å²) in [7, 11) is 0. The molecule has 1 atom stereocenters. The number of benzene rings is 1. The van der Waals surface area contributed by atoms with Crippen molar-refractivity contribution in [1.82, 2.24) is 4.98 Å². The molecule has 1 nitrogen and oxygen atoms in total. The lowest BCUT2D eigenvalue weighted by atomic mass is 9.83. The Labute approximate surface area is 121 Å². The van der Waals surface area contributed by atoms with Gasteiger partial charge in [-0.2, -0.15) is 0 Å². The summed E-state index contributed by atoms with van der Waals surface area (Å²) in [6, 6.07) is 9.20. The van der Waals surface area contributed by atoms with Crippen molar-refractivity contribution < 1.29 is 0 Å². The molecule has 0 unspecified atom stereocenters. The molecule has 1 saturated carbocycles. The van der Waals surface area contributed by atoms with E-state index in [0.29, 0.717) is 5.92 Å². The van der Waals surface area contributed by atoms with Crippen molar-refractivity contribution in [3.63, 3.8) is 0 Å². The number of pyridine rings is 1. The molecule has 0 amide bonds. The summed E-state index contributed by atoms with van der Waals surface area (Å²) in [5.41, 5.74) is 5.50. The molecule has 1 heteroatoms. The van der Waals surface area contributed by atoms with Crippen LogP contribution in [0.3, 0.4) is 0 Å². The maximum absolute atomic E-state index is 5.02.